The molecule has 3 rings (SSSR count). The number of hydrogen-bond acceptors (Lipinski definition) is 5. The van der Waals surface area contributed by atoms with Gasteiger partial charge in [0.1, 0.15) is 4.90 Å². The summed E-state index contributed by atoms with van der Waals surface area (Å²) in [6, 6.07) is 1.83. The monoisotopic (exact) mass is 352 g/mol. The van der Waals surface area contributed by atoms with E-state index in [1.807, 2.05) is 6.07 Å². The molecule has 24 heavy (non-hydrogen) atoms. The van der Waals surface area contributed by atoms with Gasteiger partial charge in [0, 0.05) is 26.7 Å². The summed E-state index contributed by atoms with van der Waals surface area (Å²) in [5.41, 5.74) is 2.02. The van der Waals surface area contributed by atoms with Crippen molar-refractivity contribution in [2.75, 3.05) is 6.54 Å². The number of amides is 1. The topological polar surface area (TPSA) is 102 Å². The molecule has 0 saturated carbocycles. The second-order valence-corrected chi connectivity index (χ2v) is 7.76. The lowest BCUT2D eigenvalue weighted by molar-refractivity contribution is -0.119. The largest absolute Gasteiger partial charge is 0.351 e. The lowest BCUT2D eigenvalue weighted by Crippen LogP contribution is -2.38. The number of hydrogen-bond donors (Lipinski definition) is 1. The lowest BCUT2D eigenvalue weighted by Gasteiger charge is -2.26. The summed E-state index contributed by atoms with van der Waals surface area (Å²) >= 11 is 0. The van der Waals surface area contributed by atoms with Crippen LogP contribution in [0.15, 0.2) is 17.2 Å². The number of carbonyl (C=O) groups excluding carboxylic acids is 1. The second kappa shape index (κ2) is 6.02. The first-order chi connectivity index (χ1) is 11.3. The molecule has 0 radical (unpaired) electrons. The zero-order chi connectivity index (χ0) is 17.5. The van der Waals surface area contributed by atoms with Crippen molar-refractivity contribution >= 4 is 15.9 Å². The van der Waals surface area contributed by atoms with Crippen LogP contribution in [-0.4, -0.2) is 44.7 Å². The summed E-state index contributed by atoms with van der Waals surface area (Å²) in [7, 11) is -1.89. The first-order valence-electron chi connectivity index (χ1n) is 7.58. The molecule has 0 fully saturated rings. The molecule has 1 amide bonds. The van der Waals surface area contributed by atoms with Gasteiger partial charge in [0.2, 0.25) is 15.9 Å². The second-order valence-electron chi connectivity index (χ2n) is 5.85. The number of fused-ring (bicyclic) bond motifs is 1. The third kappa shape index (κ3) is 3.06. The lowest BCUT2D eigenvalue weighted by atomic mass is 10.3. The van der Waals surface area contributed by atoms with Crippen LogP contribution < -0.4 is 5.32 Å². The molecule has 3 heterocycles. The Morgan fingerprint density at radius 2 is 2.08 bits per heavy atom. The molecule has 0 aromatic carbocycles. The van der Waals surface area contributed by atoms with Gasteiger partial charge < -0.3 is 5.32 Å². The van der Waals surface area contributed by atoms with E-state index in [9.17, 15) is 13.2 Å². The van der Waals surface area contributed by atoms with E-state index in [4.69, 9.17) is 0 Å². The fraction of sp³-hybridized carbons (Fsp3) is 0.500. The average molecular weight is 352 g/mol. The fourth-order valence-electron chi connectivity index (χ4n) is 2.78. The SMILES string of the molecule is CC(=O)NCc1cc2n(n1)CCN(S(=O)(=O)c1cn(C)nc1C)C2. The van der Waals surface area contributed by atoms with Crippen molar-refractivity contribution in [2.45, 2.75) is 38.4 Å². The van der Waals surface area contributed by atoms with Gasteiger partial charge in [-0.1, -0.05) is 0 Å². The highest BCUT2D eigenvalue weighted by molar-refractivity contribution is 7.89. The van der Waals surface area contributed by atoms with Crippen molar-refractivity contribution in [1.82, 2.24) is 29.2 Å². The summed E-state index contributed by atoms with van der Waals surface area (Å²) in [5.74, 6) is -0.128. The predicted octanol–water partition coefficient (Wildman–Crippen LogP) is -0.234. The minimum absolute atomic E-state index is 0.128. The van der Waals surface area contributed by atoms with Crippen molar-refractivity contribution in [3.8, 4) is 0 Å². The van der Waals surface area contributed by atoms with Crippen LogP contribution in [0.3, 0.4) is 0 Å². The molecule has 0 atom stereocenters. The minimum Gasteiger partial charge on any atom is -0.351 e. The van der Waals surface area contributed by atoms with Crippen LogP contribution in [0, 0.1) is 6.92 Å². The van der Waals surface area contributed by atoms with Gasteiger partial charge in [0.15, 0.2) is 0 Å². The van der Waals surface area contributed by atoms with E-state index >= 15 is 0 Å². The van der Waals surface area contributed by atoms with E-state index < -0.39 is 10.0 Å². The van der Waals surface area contributed by atoms with Gasteiger partial charge in [-0.05, 0) is 13.0 Å². The molecule has 0 spiro atoms. The Labute approximate surface area is 140 Å². The summed E-state index contributed by atoms with van der Waals surface area (Å²) < 4.78 is 30.4. The van der Waals surface area contributed by atoms with Gasteiger partial charge in [-0.25, -0.2) is 8.42 Å². The molecule has 0 saturated heterocycles. The van der Waals surface area contributed by atoms with Crippen LogP contribution in [0.1, 0.15) is 24.0 Å². The Morgan fingerprint density at radius 1 is 1.33 bits per heavy atom. The van der Waals surface area contributed by atoms with Crippen molar-refractivity contribution in [2.24, 2.45) is 7.05 Å². The number of nitrogens with one attached hydrogen (secondary N) is 1. The number of sulfonamides is 1. The highest BCUT2D eigenvalue weighted by Gasteiger charge is 2.31. The van der Waals surface area contributed by atoms with E-state index in [-0.39, 0.29) is 17.3 Å². The Hall–Kier alpha value is -2.20. The Bertz CT molecular complexity index is 882. The average Bonchev–Trinajstić information content (AvgIpc) is 3.06. The molecule has 1 N–H and O–H groups in total. The molecule has 0 bridgehead atoms. The maximum Gasteiger partial charge on any atom is 0.246 e. The number of nitrogens with zero attached hydrogens (tertiary/aromatic N) is 5. The predicted molar refractivity (Wildman–Crippen MR) is 85.3 cm³/mol. The molecule has 2 aromatic heterocycles. The van der Waals surface area contributed by atoms with Crippen molar-refractivity contribution < 1.29 is 13.2 Å². The molecule has 0 aliphatic carbocycles. The maximum absolute atomic E-state index is 12.8. The van der Waals surface area contributed by atoms with Gasteiger partial charge in [0.25, 0.3) is 0 Å². The van der Waals surface area contributed by atoms with E-state index in [1.54, 1.807) is 18.7 Å². The van der Waals surface area contributed by atoms with Gasteiger partial charge in [-0.2, -0.15) is 14.5 Å². The minimum atomic E-state index is -3.59. The Balaban J connectivity index is 1.82. The van der Waals surface area contributed by atoms with Crippen molar-refractivity contribution in [1.29, 1.82) is 0 Å². The zero-order valence-electron chi connectivity index (χ0n) is 13.9. The number of rotatable bonds is 4. The van der Waals surface area contributed by atoms with Gasteiger partial charge in [-0.3, -0.25) is 14.2 Å². The highest BCUT2D eigenvalue weighted by Crippen LogP contribution is 2.23. The molecule has 1 aliphatic rings. The van der Waals surface area contributed by atoms with E-state index in [0.29, 0.717) is 25.3 Å². The molecule has 1 aliphatic heterocycles. The maximum atomic E-state index is 12.8. The smallest absolute Gasteiger partial charge is 0.246 e. The standard InChI is InChI=1S/C14H20N6O3S/c1-10-14(9-18(3)16-10)24(22,23)19-4-5-20-13(8-19)6-12(17-20)7-15-11(2)21/h6,9H,4-5,7-8H2,1-3H3,(H,15,21). The molecular formula is C14H20N6O3S. The molecule has 9 nitrogen and oxygen atoms in total. The zero-order valence-corrected chi connectivity index (χ0v) is 14.7. The van der Waals surface area contributed by atoms with Crippen LogP contribution in [0.25, 0.3) is 0 Å². The Morgan fingerprint density at radius 3 is 2.71 bits per heavy atom. The molecule has 10 heteroatoms. The number of aromatic nitrogens is 4. The fourth-order valence-corrected chi connectivity index (χ4v) is 4.38. The molecular weight excluding hydrogens is 332 g/mol. The van der Waals surface area contributed by atoms with Gasteiger partial charge in [-0.15, -0.1) is 0 Å². The van der Waals surface area contributed by atoms with Gasteiger partial charge in [0.05, 0.1) is 36.7 Å². The van der Waals surface area contributed by atoms with Crippen molar-refractivity contribution in [3.05, 3.63) is 29.3 Å². The summed E-state index contributed by atoms with van der Waals surface area (Å²) in [6.45, 7) is 4.56. The van der Waals surface area contributed by atoms with E-state index in [2.05, 4.69) is 15.5 Å². The van der Waals surface area contributed by atoms with Crippen LogP contribution in [0.5, 0.6) is 0 Å². The molecule has 130 valence electrons. The first-order valence-corrected chi connectivity index (χ1v) is 9.02. The van der Waals surface area contributed by atoms with Crippen LogP contribution in [0.2, 0.25) is 0 Å². The summed E-state index contributed by atoms with van der Waals surface area (Å²) in [5, 5.41) is 11.2. The van der Waals surface area contributed by atoms with Crippen molar-refractivity contribution in [3.63, 3.8) is 0 Å². The number of carbonyl (C=O) groups is 1. The third-order valence-corrected chi connectivity index (χ3v) is 5.87. The summed E-state index contributed by atoms with van der Waals surface area (Å²) in [4.78, 5) is 11.2. The third-order valence-electron chi connectivity index (χ3n) is 3.92. The normalized spacial score (nSPS) is 15.3. The molecule has 0 unspecified atom stereocenters. The van der Waals surface area contributed by atoms with Crippen LogP contribution in [0.4, 0.5) is 0 Å². The quantitative estimate of drug-likeness (QED) is 0.819. The van der Waals surface area contributed by atoms with Crippen LogP contribution >= 0.6 is 0 Å². The Kier molecular flexibility index (Phi) is 4.18. The first kappa shape index (κ1) is 16.7. The van der Waals surface area contributed by atoms with Crippen LogP contribution in [-0.2, 0) is 41.5 Å². The summed E-state index contributed by atoms with van der Waals surface area (Å²) in [6.07, 6.45) is 1.53. The number of aryl methyl sites for hydroxylation is 2. The van der Waals surface area contributed by atoms with E-state index in [0.717, 1.165) is 11.4 Å². The van der Waals surface area contributed by atoms with E-state index in [1.165, 1.54) is 22.1 Å². The van der Waals surface area contributed by atoms with Gasteiger partial charge >= 0.3 is 0 Å². The molecule has 2 aromatic rings. The highest BCUT2D eigenvalue weighted by atomic mass is 32.2.